The molecule has 2 aliphatic rings. The summed E-state index contributed by atoms with van der Waals surface area (Å²) in [5.74, 6) is -3.66. The van der Waals surface area contributed by atoms with Gasteiger partial charge in [-0.3, -0.25) is 19.2 Å². The third kappa shape index (κ3) is 5.92. The van der Waals surface area contributed by atoms with E-state index in [0.29, 0.717) is 5.56 Å². The number of aliphatic carboxylic acids is 1. The monoisotopic (exact) mass is 517 g/mol. The van der Waals surface area contributed by atoms with Crippen LogP contribution in [-0.4, -0.2) is 110 Å². The zero-order chi connectivity index (χ0) is 25.4. The van der Waals surface area contributed by atoms with Crippen LogP contribution in [0.1, 0.15) is 31.9 Å². The topological polar surface area (TPSA) is 191 Å². The molecule has 12 nitrogen and oxygen atoms in total. The number of thioether (sulfide) groups is 1. The molecule has 1 aromatic carbocycles. The molecule has 0 aromatic heterocycles. The number of hydrogen-bond donors (Lipinski definition) is 6. The predicted molar refractivity (Wildman–Crippen MR) is 128 cm³/mol. The van der Waals surface area contributed by atoms with Crippen molar-refractivity contribution in [2.24, 2.45) is 5.73 Å². The summed E-state index contributed by atoms with van der Waals surface area (Å²) in [4.78, 5) is 62.9. The number of rotatable bonds is 8. The summed E-state index contributed by atoms with van der Waals surface area (Å²) in [6.45, 7) is 3.43. The van der Waals surface area contributed by atoms with Gasteiger partial charge in [-0.05, 0) is 31.5 Å². The number of benzene rings is 1. The molecule has 7 N–H and O–H groups in total. The molecule has 2 saturated heterocycles. The molecule has 2 fully saturated rings. The van der Waals surface area contributed by atoms with Gasteiger partial charge >= 0.3 is 35.5 Å². The number of aromatic hydroxyl groups is 1. The van der Waals surface area contributed by atoms with Gasteiger partial charge in [-0.1, -0.05) is 12.1 Å². The number of phenols is 1. The number of β-lactam (4-membered cyclic amide) rings is 1. The Morgan fingerprint density at radius 1 is 1.17 bits per heavy atom. The molecule has 0 spiro atoms. The van der Waals surface area contributed by atoms with E-state index < -0.39 is 63.9 Å². The first-order valence-electron chi connectivity index (χ1n) is 10.5. The number of phenolic OH excluding ortho intramolecular Hbond substituents is 1. The van der Waals surface area contributed by atoms with Crippen LogP contribution in [0.5, 0.6) is 5.75 Å². The first kappa shape index (κ1) is 28.9. The number of nitrogens with one attached hydrogen (secondary N) is 3. The molecule has 0 saturated carbocycles. The molecular weight excluding hydrogens is 489 g/mol. The standard InChI is InChI=1S/C21H27N5O7S.Na.H/c1-21(2)15(20(32)33)26-18(31)14(19(26)34-21)25-17(30)13(9-4-6-10(27)7-5-9)24-16(29)11(22)8-12(28)23-3;;/h4-7,11,13-15,19,27H,8,22H2,1-3H3,(H,23,28)(H,24,29)(H,25,30)(H,32,33);;/t11?,13?,14-,15+,19-;;/m1../s1. The Morgan fingerprint density at radius 2 is 1.77 bits per heavy atom. The molecule has 14 heteroatoms. The van der Waals surface area contributed by atoms with Crippen LogP contribution >= 0.6 is 11.8 Å². The average Bonchev–Trinajstić information content (AvgIpc) is 3.03. The summed E-state index contributed by atoms with van der Waals surface area (Å²) in [6.07, 6.45) is -0.299. The van der Waals surface area contributed by atoms with Gasteiger partial charge in [0.25, 0.3) is 0 Å². The first-order valence-corrected chi connectivity index (χ1v) is 11.3. The molecule has 1 aromatic rings. The van der Waals surface area contributed by atoms with Crippen LogP contribution in [0.3, 0.4) is 0 Å². The van der Waals surface area contributed by atoms with Crippen molar-refractivity contribution in [3.8, 4) is 5.75 Å². The maximum absolute atomic E-state index is 13.2. The third-order valence-corrected chi connectivity index (χ3v) is 7.34. The SMILES string of the molecule is CNC(=O)CC(N)C(=O)NC(C(=O)N[C@@H]1C(=O)N2[C@@H]1SC(C)(C)[C@@H]2C(=O)O)c1ccc(O)cc1.[NaH]. The summed E-state index contributed by atoms with van der Waals surface area (Å²) in [6, 6.07) is 0.997. The summed E-state index contributed by atoms with van der Waals surface area (Å²) < 4.78 is -0.761. The number of carboxylic acid groups (broad SMARTS) is 1. The number of carbonyl (C=O) groups excluding carboxylic acids is 4. The fraction of sp³-hybridized carbons (Fsp3) is 0.476. The van der Waals surface area contributed by atoms with Crippen molar-refractivity contribution >= 4 is 70.9 Å². The van der Waals surface area contributed by atoms with Gasteiger partial charge in [-0.15, -0.1) is 11.8 Å². The first-order chi connectivity index (χ1) is 15.9. The van der Waals surface area contributed by atoms with Crippen LogP contribution in [0.25, 0.3) is 0 Å². The van der Waals surface area contributed by atoms with Crippen LogP contribution < -0.4 is 21.7 Å². The van der Waals surface area contributed by atoms with Crippen molar-refractivity contribution in [1.82, 2.24) is 20.9 Å². The molecular formula is C21H28N5NaO7S. The minimum absolute atomic E-state index is 0. The number of hydrogen-bond acceptors (Lipinski definition) is 8. The van der Waals surface area contributed by atoms with Crippen LogP contribution in [0.4, 0.5) is 0 Å². The summed E-state index contributed by atoms with van der Waals surface area (Å²) in [5.41, 5.74) is 6.09. The number of nitrogens with two attached hydrogens (primary N) is 1. The molecule has 186 valence electrons. The Kier molecular flexibility index (Phi) is 9.22. The van der Waals surface area contributed by atoms with E-state index in [4.69, 9.17) is 5.73 Å². The van der Waals surface area contributed by atoms with Gasteiger partial charge in [-0.25, -0.2) is 4.79 Å². The average molecular weight is 518 g/mol. The number of fused-ring (bicyclic) bond motifs is 1. The summed E-state index contributed by atoms with van der Waals surface area (Å²) >= 11 is 1.27. The van der Waals surface area contributed by atoms with Gasteiger partial charge in [0, 0.05) is 11.8 Å². The van der Waals surface area contributed by atoms with Gasteiger partial charge in [0.05, 0.1) is 12.5 Å². The number of carboxylic acids is 1. The summed E-state index contributed by atoms with van der Waals surface area (Å²) in [5, 5.41) is 26.0. The van der Waals surface area contributed by atoms with E-state index in [2.05, 4.69) is 16.0 Å². The second-order valence-corrected chi connectivity index (χ2v) is 10.4. The van der Waals surface area contributed by atoms with E-state index in [1.807, 2.05) is 0 Å². The van der Waals surface area contributed by atoms with Gasteiger partial charge in [-0.2, -0.15) is 0 Å². The molecule has 35 heavy (non-hydrogen) atoms. The van der Waals surface area contributed by atoms with Crippen molar-refractivity contribution in [3.63, 3.8) is 0 Å². The van der Waals surface area contributed by atoms with Gasteiger partial charge in [0.1, 0.15) is 29.2 Å². The van der Waals surface area contributed by atoms with Crippen molar-refractivity contribution in [2.75, 3.05) is 7.05 Å². The molecule has 2 aliphatic heterocycles. The zero-order valence-electron chi connectivity index (χ0n) is 18.8. The predicted octanol–water partition coefficient (Wildman–Crippen LogP) is -2.00. The van der Waals surface area contributed by atoms with Gasteiger partial charge < -0.3 is 36.8 Å². The molecule has 0 bridgehead atoms. The van der Waals surface area contributed by atoms with Crippen LogP contribution in [0, 0.1) is 0 Å². The van der Waals surface area contributed by atoms with E-state index in [0.717, 1.165) is 0 Å². The van der Waals surface area contributed by atoms with Crippen molar-refractivity contribution < 1.29 is 34.2 Å². The summed E-state index contributed by atoms with van der Waals surface area (Å²) in [7, 11) is 1.40. The molecule has 3 rings (SSSR count). The third-order valence-electron chi connectivity index (χ3n) is 5.77. The Bertz CT molecular complexity index is 1020. The Morgan fingerprint density at radius 3 is 2.31 bits per heavy atom. The van der Waals surface area contributed by atoms with E-state index in [1.165, 1.54) is 48.0 Å². The molecule has 5 atom stereocenters. The Labute approximate surface area is 228 Å². The molecule has 0 radical (unpaired) electrons. The minimum atomic E-state index is -1.28. The second kappa shape index (κ2) is 11.2. The number of amides is 4. The zero-order valence-corrected chi connectivity index (χ0v) is 19.6. The van der Waals surface area contributed by atoms with Crippen LogP contribution in [0.15, 0.2) is 24.3 Å². The van der Waals surface area contributed by atoms with Crippen molar-refractivity contribution in [2.45, 2.75) is 54.6 Å². The quantitative estimate of drug-likeness (QED) is 0.167. The van der Waals surface area contributed by atoms with Crippen molar-refractivity contribution in [1.29, 1.82) is 0 Å². The molecule has 0 aliphatic carbocycles. The second-order valence-electron chi connectivity index (χ2n) is 8.60. The van der Waals surface area contributed by atoms with Gasteiger partial charge in [0.2, 0.25) is 23.6 Å². The van der Waals surface area contributed by atoms with Gasteiger partial charge in [0.15, 0.2) is 0 Å². The fourth-order valence-electron chi connectivity index (χ4n) is 3.99. The number of carbonyl (C=O) groups is 5. The Balaban J connectivity index is 0.00000432. The maximum atomic E-state index is 13.2. The van der Waals surface area contributed by atoms with E-state index in [-0.39, 0.29) is 41.7 Å². The van der Waals surface area contributed by atoms with Crippen molar-refractivity contribution in [3.05, 3.63) is 29.8 Å². The van der Waals surface area contributed by atoms with E-state index >= 15 is 0 Å². The fourth-order valence-corrected chi connectivity index (χ4v) is 5.62. The van der Waals surface area contributed by atoms with E-state index in [1.54, 1.807) is 13.8 Å². The normalized spacial score (nSPS) is 23.6. The van der Waals surface area contributed by atoms with E-state index in [9.17, 15) is 34.2 Å². The molecule has 2 unspecified atom stereocenters. The Hall–Kier alpha value is -2.32. The van der Waals surface area contributed by atoms with Crippen LogP contribution in [-0.2, 0) is 24.0 Å². The molecule has 2 heterocycles. The molecule has 4 amide bonds. The van der Waals surface area contributed by atoms with Crippen LogP contribution in [0.2, 0.25) is 0 Å². The number of nitrogens with zero attached hydrogens (tertiary/aromatic N) is 1.